The average molecular weight is 186 g/mol. The van der Waals surface area contributed by atoms with Crippen molar-refractivity contribution >= 4 is 31.6 Å². The van der Waals surface area contributed by atoms with Crippen molar-refractivity contribution in [1.29, 1.82) is 0 Å². The summed E-state index contributed by atoms with van der Waals surface area (Å²) in [6, 6.07) is 0. The van der Waals surface area contributed by atoms with Crippen LogP contribution in [0.5, 0.6) is 0 Å². The summed E-state index contributed by atoms with van der Waals surface area (Å²) < 4.78 is 25.1. The van der Waals surface area contributed by atoms with Gasteiger partial charge in [0.15, 0.2) is 9.39 Å². The van der Waals surface area contributed by atoms with Crippen LogP contribution in [0.2, 0.25) is 0 Å². The van der Waals surface area contributed by atoms with Crippen LogP contribution in [0.3, 0.4) is 0 Å². The van der Waals surface area contributed by atoms with Gasteiger partial charge in [-0.2, -0.15) is 12.6 Å². The summed E-state index contributed by atoms with van der Waals surface area (Å²) in [5, 5.41) is 0. The summed E-state index contributed by atoms with van der Waals surface area (Å²) >= 11 is 3.89. The van der Waals surface area contributed by atoms with Gasteiger partial charge in [-0.25, -0.2) is 8.42 Å². The normalized spacial score (nSPS) is 12.1. The van der Waals surface area contributed by atoms with Crippen molar-refractivity contribution < 1.29 is 12.6 Å². The predicted octanol–water partition coefficient (Wildman–Crippen LogP) is -1.07. The Morgan fingerprint density at radius 1 is 1.56 bits per heavy atom. The minimum atomic E-state index is -3.09. The average Bonchev–Trinajstić information content (AvgIpc) is 1.63. The Hall–Kier alpha value is 0.477. The molecule has 0 aromatic carbocycles. The summed E-state index contributed by atoms with van der Waals surface area (Å²) in [6.45, 7) is 0.273. The summed E-state index contributed by atoms with van der Waals surface area (Å²) in [6.07, 6.45) is 0.685. The van der Waals surface area contributed by atoms with Gasteiger partial charge in [-0.05, 0) is 12.2 Å². The van der Waals surface area contributed by atoms with E-state index >= 15 is 0 Å². The van der Waals surface area contributed by atoms with Crippen molar-refractivity contribution in [3.05, 3.63) is 0 Å². The summed E-state index contributed by atoms with van der Waals surface area (Å²) in [5.41, 5.74) is 0. The van der Waals surface area contributed by atoms with Crippen LogP contribution in [-0.4, -0.2) is 30.2 Å². The third kappa shape index (κ3) is 8.48. The monoisotopic (exact) mass is 186 g/mol. The maximum atomic E-state index is 10.3. The molecule has 0 aliphatic rings. The molecule has 0 rings (SSSR count). The molecule has 0 atom stereocenters. The molecule has 0 saturated heterocycles. The van der Waals surface area contributed by atoms with Gasteiger partial charge in [-0.15, -0.1) is 0 Å². The van der Waals surface area contributed by atoms with Gasteiger partial charge in [0.05, 0.1) is 6.61 Å². The Morgan fingerprint density at radius 3 is 2.44 bits per heavy atom. The Morgan fingerprint density at radius 2 is 2.11 bits per heavy atom. The lowest BCUT2D eigenvalue weighted by molar-refractivity contribution is 0.329. The Balaban J connectivity index is 3.30. The molecular weight excluding hydrogens is 176 g/mol. The van der Waals surface area contributed by atoms with Crippen LogP contribution in [0, 0.1) is 0 Å². The highest BCUT2D eigenvalue weighted by Crippen LogP contribution is 1.89. The zero-order chi connectivity index (χ0) is 7.33. The van der Waals surface area contributed by atoms with Crippen LogP contribution in [0.4, 0.5) is 0 Å². The van der Waals surface area contributed by atoms with Gasteiger partial charge in [-0.3, -0.25) is 4.18 Å². The summed E-state index contributed by atoms with van der Waals surface area (Å²) in [5.74, 6) is 0.664. The number of hydrogen-bond donors (Lipinski definition) is 1. The Labute approximate surface area is 63.4 Å². The van der Waals surface area contributed by atoms with E-state index in [4.69, 9.17) is 0 Å². The largest absolute Gasteiger partial charge is 0.277 e. The molecule has 0 amide bonds. The molecule has 0 spiro atoms. The molecule has 9 heavy (non-hydrogen) atoms. The molecule has 0 unspecified atom stereocenters. The van der Waals surface area contributed by atoms with E-state index in [1.54, 1.807) is 0 Å². The van der Waals surface area contributed by atoms with Crippen molar-refractivity contribution in [2.24, 2.45) is 0 Å². The van der Waals surface area contributed by atoms with Crippen LogP contribution in [-0.2, 0) is 13.8 Å². The SMILES string of the molecule is O=S(=O)([SiH3])OCCCS. The van der Waals surface area contributed by atoms with Gasteiger partial charge in [0.2, 0.25) is 9.57 Å². The second-order valence-electron chi connectivity index (χ2n) is 1.60. The molecule has 0 aliphatic heterocycles. The molecule has 0 aromatic heterocycles. The first-order valence-corrected chi connectivity index (χ1v) is 7.41. The molecule has 0 aliphatic carbocycles. The molecule has 0 bridgehead atoms. The van der Waals surface area contributed by atoms with Crippen LogP contribution in [0.25, 0.3) is 0 Å². The van der Waals surface area contributed by atoms with Crippen LogP contribution < -0.4 is 0 Å². The highest BCUT2D eigenvalue weighted by Gasteiger charge is 1.97. The fourth-order valence-electron chi connectivity index (χ4n) is 0.275. The number of rotatable bonds is 4. The Bertz CT molecular complexity index is 152. The summed E-state index contributed by atoms with van der Waals surface area (Å²) in [7, 11) is -3.02. The standard InChI is InChI=1S/C3H10O3S2Si/c4-8(5,9)6-2-1-3-7/h7H,1-3H2,9H3. The first-order valence-electron chi connectivity index (χ1n) is 2.51. The van der Waals surface area contributed by atoms with Crippen LogP contribution in [0.1, 0.15) is 6.42 Å². The lowest BCUT2D eigenvalue weighted by Crippen LogP contribution is -2.05. The molecule has 0 radical (unpaired) electrons. The predicted molar refractivity (Wildman–Crippen MR) is 43.3 cm³/mol. The first kappa shape index (κ1) is 9.48. The first-order chi connectivity index (χ1) is 4.06. The lowest BCUT2D eigenvalue weighted by Gasteiger charge is -1.96. The molecular formula is C3H10O3S2Si. The molecule has 56 valence electrons. The Kier molecular flexibility index (Phi) is 4.55. The molecule has 0 saturated carbocycles. The van der Waals surface area contributed by atoms with E-state index in [-0.39, 0.29) is 16.0 Å². The molecule has 0 N–H and O–H groups in total. The van der Waals surface area contributed by atoms with E-state index in [1.165, 1.54) is 0 Å². The molecule has 3 nitrogen and oxygen atoms in total. The van der Waals surface area contributed by atoms with E-state index in [9.17, 15) is 8.42 Å². The molecule has 0 fully saturated rings. The molecule has 6 heteroatoms. The highest BCUT2D eigenvalue weighted by molar-refractivity contribution is 8.08. The van der Waals surface area contributed by atoms with E-state index in [0.29, 0.717) is 12.2 Å². The molecule has 0 heterocycles. The topological polar surface area (TPSA) is 43.4 Å². The third-order valence-corrected chi connectivity index (χ3v) is 2.22. The fourth-order valence-corrected chi connectivity index (χ4v) is 1.32. The lowest BCUT2D eigenvalue weighted by atomic mass is 10.5. The van der Waals surface area contributed by atoms with Crippen molar-refractivity contribution in [3.63, 3.8) is 0 Å². The third-order valence-electron chi connectivity index (χ3n) is 0.600. The van der Waals surface area contributed by atoms with Crippen molar-refractivity contribution in [1.82, 2.24) is 0 Å². The number of hydrogen-bond acceptors (Lipinski definition) is 4. The van der Waals surface area contributed by atoms with E-state index in [0.717, 1.165) is 0 Å². The maximum absolute atomic E-state index is 10.3. The van der Waals surface area contributed by atoms with Gasteiger partial charge >= 0.3 is 0 Å². The molecule has 0 aromatic rings. The maximum Gasteiger partial charge on any atom is 0.219 e. The quantitative estimate of drug-likeness (QED) is 0.345. The van der Waals surface area contributed by atoms with Gasteiger partial charge < -0.3 is 0 Å². The highest BCUT2D eigenvalue weighted by atomic mass is 32.4. The van der Waals surface area contributed by atoms with E-state index in [2.05, 4.69) is 16.8 Å². The van der Waals surface area contributed by atoms with Gasteiger partial charge in [0.1, 0.15) is 0 Å². The van der Waals surface area contributed by atoms with Crippen LogP contribution in [0.15, 0.2) is 0 Å². The second-order valence-corrected chi connectivity index (χ2v) is 6.69. The fraction of sp³-hybridized carbons (Fsp3) is 1.00. The van der Waals surface area contributed by atoms with E-state index < -0.39 is 9.57 Å². The second kappa shape index (κ2) is 4.32. The minimum Gasteiger partial charge on any atom is -0.277 e. The van der Waals surface area contributed by atoms with Crippen LogP contribution >= 0.6 is 12.6 Å². The minimum absolute atomic E-state index is 0.0699. The smallest absolute Gasteiger partial charge is 0.219 e. The van der Waals surface area contributed by atoms with E-state index in [1.807, 2.05) is 0 Å². The zero-order valence-corrected chi connectivity index (χ0v) is 8.91. The van der Waals surface area contributed by atoms with Crippen molar-refractivity contribution in [2.75, 3.05) is 12.4 Å². The van der Waals surface area contributed by atoms with Crippen molar-refractivity contribution in [2.45, 2.75) is 6.42 Å². The zero-order valence-electron chi connectivity index (χ0n) is 5.20. The van der Waals surface area contributed by atoms with Gasteiger partial charge in [0, 0.05) is 0 Å². The van der Waals surface area contributed by atoms with Crippen molar-refractivity contribution in [3.8, 4) is 0 Å². The summed E-state index contributed by atoms with van der Waals surface area (Å²) in [4.78, 5) is 0. The van der Waals surface area contributed by atoms with Gasteiger partial charge in [0.25, 0.3) is 0 Å². The number of thiol groups is 1. The van der Waals surface area contributed by atoms with Gasteiger partial charge in [-0.1, -0.05) is 0 Å².